The van der Waals surface area contributed by atoms with Crippen LogP contribution in [0.15, 0.2) is 12.2 Å². The van der Waals surface area contributed by atoms with E-state index >= 15 is 0 Å². The van der Waals surface area contributed by atoms with Crippen molar-refractivity contribution in [3.63, 3.8) is 0 Å². The summed E-state index contributed by atoms with van der Waals surface area (Å²) in [5.41, 5.74) is 0.176. The number of hydrogen-bond acceptors (Lipinski definition) is 4. The molecule has 8 heteroatoms. The first-order valence-electron chi connectivity index (χ1n) is 3.70. The van der Waals surface area contributed by atoms with E-state index in [0.717, 1.165) is 0 Å². The molecule has 0 aromatic heterocycles. The number of carboxylic acid groups (broad SMARTS) is 3. The van der Waals surface area contributed by atoms with E-state index in [9.17, 15) is 14.4 Å². The predicted molar refractivity (Wildman–Crippen MR) is 49.5 cm³/mol. The van der Waals surface area contributed by atoms with Gasteiger partial charge in [-0.05, 0) is 6.92 Å². The van der Waals surface area contributed by atoms with Crippen LogP contribution in [0.25, 0.3) is 0 Å². The van der Waals surface area contributed by atoms with Gasteiger partial charge in [-0.25, -0.2) is 9.59 Å². The number of carboxylic acids is 3. The summed E-state index contributed by atoms with van der Waals surface area (Å²) in [5, 5.41) is 32.0. The van der Waals surface area contributed by atoms with Crippen molar-refractivity contribution in [2.24, 2.45) is 0 Å². The number of aliphatic hydroxyl groups is 1. The molecule has 4 N–H and O–H groups in total. The maximum absolute atomic E-state index is 9.72. The van der Waals surface area contributed by atoms with E-state index in [4.69, 9.17) is 20.4 Å². The molecule has 0 bridgehead atoms. The quantitative estimate of drug-likeness (QED) is 0.292. The third kappa shape index (κ3) is 15.2. The van der Waals surface area contributed by atoms with Crippen LogP contribution in [0.3, 0.4) is 0 Å². The van der Waals surface area contributed by atoms with Crippen molar-refractivity contribution in [1.82, 2.24) is 0 Å². The van der Waals surface area contributed by atoms with Crippen LogP contribution < -0.4 is 18.9 Å². The summed E-state index contributed by atoms with van der Waals surface area (Å²) in [5.74, 6) is -3.78. The average molecular weight is 228 g/mol. The maximum Gasteiger partial charge on any atom is 1.00 e. The Kier molecular flexibility index (Phi) is 12.9. The standard InChI is InChI=1S/C4H6O5.C4H6O2.Li.H/c5-2(4(8)9)1-3(6)7;1-3(2)4(5)6;;/h2,5H,1H2,(H,6,7)(H,8,9);1H2,2H3,(H,5,6);;/q;;+1;-1. The molecule has 0 aromatic carbocycles. The molecule has 7 nitrogen and oxygen atoms in total. The molecule has 0 aliphatic rings. The molecule has 0 rings (SSSR count). The Bertz CT molecular complexity index is 267. The fourth-order valence-corrected chi connectivity index (χ4v) is 0.253. The summed E-state index contributed by atoms with van der Waals surface area (Å²) in [6, 6.07) is 0. The zero-order valence-corrected chi connectivity index (χ0v) is 9.01. The molecule has 0 heterocycles. The predicted octanol–water partition coefficient (Wildman–Crippen LogP) is -3.33. The second-order valence-electron chi connectivity index (χ2n) is 2.54. The van der Waals surface area contributed by atoms with Gasteiger partial charge >= 0.3 is 36.8 Å². The number of aliphatic carboxylic acids is 3. The first kappa shape index (κ1) is 20.2. The third-order valence-electron chi connectivity index (χ3n) is 1.02. The minimum atomic E-state index is -1.79. The van der Waals surface area contributed by atoms with Crippen LogP contribution in [0.1, 0.15) is 14.8 Å². The first-order chi connectivity index (χ1) is 6.68. The molecule has 16 heavy (non-hydrogen) atoms. The number of aliphatic hydroxyl groups excluding tert-OH is 1. The smallest absolute Gasteiger partial charge is 1.00 e. The van der Waals surface area contributed by atoms with E-state index in [-0.39, 0.29) is 25.9 Å². The molecule has 0 radical (unpaired) electrons. The molecule has 1 unspecified atom stereocenters. The normalized spacial score (nSPS) is 9.88. The van der Waals surface area contributed by atoms with Gasteiger partial charge < -0.3 is 21.9 Å². The van der Waals surface area contributed by atoms with Crippen molar-refractivity contribution in [2.45, 2.75) is 19.4 Å². The fraction of sp³-hybridized carbons (Fsp3) is 0.375. The van der Waals surface area contributed by atoms with Crippen molar-refractivity contribution >= 4 is 17.9 Å². The van der Waals surface area contributed by atoms with Crippen LogP contribution in [0.4, 0.5) is 0 Å². The minimum absolute atomic E-state index is 0. The number of carbonyl (C=O) groups is 3. The van der Waals surface area contributed by atoms with Gasteiger partial charge in [-0.1, -0.05) is 6.58 Å². The summed E-state index contributed by atoms with van der Waals surface area (Å²) in [4.78, 5) is 29.0. The van der Waals surface area contributed by atoms with Crippen LogP contribution in [0.5, 0.6) is 0 Å². The van der Waals surface area contributed by atoms with Gasteiger partial charge in [-0.3, -0.25) is 4.79 Å². The van der Waals surface area contributed by atoms with Crippen LogP contribution in [-0.2, 0) is 14.4 Å². The Hall–Kier alpha value is -1.29. The molecular formula is C8H13LiO7. The summed E-state index contributed by atoms with van der Waals surface area (Å²) in [6.45, 7) is 4.60. The monoisotopic (exact) mass is 228 g/mol. The van der Waals surface area contributed by atoms with Crippen molar-refractivity contribution in [3.8, 4) is 0 Å². The topological polar surface area (TPSA) is 132 Å². The average Bonchev–Trinajstić information content (AvgIpc) is 2.03. The minimum Gasteiger partial charge on any atom is -1.00 e. The molecule has 88 valence electrons. The zero-order valence-electron chi connectivity index (χ0n) is 10.0. The maximum atomic E-state index is 9.72. The van der Waals surface area contributed by atoms with Crippen molar-refractivity contribution in [3.05, 3.63) is 12.2 Å². The van der Waals surface area contributed by atoms with Crippen molar-refractivity contribution in [2.75, 3.05) is 0 Å². The number of hydrogen-bond donors (Lipinski definition) is 4. The van der Waals surface area contributed by atoms with Gasteiger partial charge in [0, 0.05) is 5.57 Å². The Morgan fingerprint density at radius 3 is 1.62 bits per heavy atom. The summed E-state index contributed by atoms with van der Waals surface area (Å²) in [6.07, 6.45) is -2.54. The summed E-state index contributed by atoms with van der Waals surface area (Å²) >= 11 is 0. The van der Waals surface area contributed by atoms with Gasteiger partial charge in [-0.15, -0.1) is 0 Å². The van der Waals surface area contributed by atoms with E-state index in [0.29, 0.717) is 0 Å². The van der Waals surface area contributed by atoms with E-state index in [1.807, 2.05) is 0 Å². The SMILES string of the molecule is C=C(C)C(=O)O.O=C(O)CC(O)C(=O)O.[H-].[Li+]. The first-order valence-corrected chi connectivity index (χ1v) is 3.70. The Balaban J connectivity index is -0.0000000945. The van der Waals surface area contributed by atoms with Gasteiger partial charge in [0.25, 0.3) is 0 Å². The van der Waals surface area contributed by atoms with E-state index < -0.39 is 30.4 Å². The van der Waals surface area contributed by atoms with Crippen LogP contribution in [0, 0.1) is 0 Å². The van der Waals surface area contributed by atoms with Crippen molar-refractivity contribution in [1.29, 1.82) is 0 Å². The van der Waals surface area contributed by atoms with Gasteiger partial charge in [0.1, 0.15) is 0 Å². The van der Waals surface area contributed by atoms with Gasteiger partial charge in [0.15, 0.2) is 6.10 Å². The second kappa shape index (κ2) is 10.2. The third-order valence-corrected chi connectivity index (χ3v) is 1.02. The molecule has 0 spiro atoms. The Labute approximate surface area is 105 Å². The number of rotatable bonds is 4. The Morgan fingerprint density at radius 2 is 1.56 bits per heavy atom. The molecule has 1 atom stereocenters. The summed E-state index contributed by atoms with van der Waals surface area (Å²) in [7, 11) is 0. The largest absolute Gasteiger partial charge is 1.00 e. The van der Waals surface area contributed by atoms with Gasteiger partial charge in [-0.2, -0.15) is 0 Å². The molecule has 0 aliphatic heterocycles. The molecule has 0 fully saturated rings. The summed E-state index contributed by atoms with van der Waals surface area (Å²) < 4.78 is 0. The van der Waals surface area contributed by atoms with Gasteiger partial charge in [0.2, 0.25) is 0 Å². The van der Waals surface area contributed by atoms with E-state index in [1.165, 1.54) is 6.92 Å². The molecular weight excluding hydrogens is 215 g/mol. The Morgan fingerprint density at radius 1 is 1.25 bits per heavy atom. The molecule has 0 saturated heterocycles. The zero-order chi connectivity index (χ0) is 12.6. The molecule has 0 amide bonds. The van der Waals surface area contributed by atoms with E-state index in [1.54, 1.807) is 0 Å². The van der Waals surface area contributed by atoms with Gasteiger partial charge in [0.05, 0.1) is 6.42 Å². The fourth-order valence-electron chi connectivity index (χ4n) is 0.253. The second-order valence-corrected chi connectivity index (χ2v) is 2.54. The molecule has 0 aliphatic carbocycles. The van der Waals surface area contributed by atoms with E-state index in [2.05, 4.69) is 6.58 Å². The van der Waals surface area contributed by atoms with Crippen LogP contribution in [0.2, 0.25) is 0 Å². The van der Waals surface area contributed by atoms with Crippen LogP contribution in [-0.4, -0.2) is 44.4 Å². The molecule has 0 aromatic rings. The van der Waals surface area contributed by atoms with Crippen molar-refractivity contribution < 1.29 is 55.1 Å². The molecule has 0 saturated carbocycles. The van der Waals surface area contributed by atoms with Crippen LogP contribution >= 0.6 is 0 Å².